The Morgan fingerprint density at radius 2 is 1.82 bits per heavy atom. The van der Waals surface area contributed by atoms with Crippen molar-refractivity contribution in [2.75, 3.05) is 26.2 Å². The highest BCUT2D eigenvalue weighted by molar-refractivity contribution is 4.71. The molecule has 1 atom stereocenters. The monoisotopic (exact) mass is 157 g/mol. The lowest BCUT2D eigenvalue weighted by molar-refractivity contribution is 0.217. The SMILES string of the molecule is NCC(N)CN1CCCCC1. The summed E-state index contributed by atoms with van der Waals surface area (Å²) in [5.41, 5.74) is 11.2. The van der Waals surface area contributed by atoms with E-state index in [-0.39, 0.29) is 6.04 Å². The summed E-state index contributed by atoms with van der Waals surface area (Å²) in [5.74, 6) is 0. The number of piperidine rings is 1. The normalized spacial score (nSPS) is 23.5. The number of nitrogens with zero attached hydrogens (tertiary/aromatic N) is 1. The highest BCUT2D eigenvalue weighted by atomic mass is 15.1. The van der Waals surface area contributed by atoms with Crippen LogP contribution in [0, 0.1) is 0 Å². The summed E-state index contributed by atoms with van der Waals surface area (Å²) in [7, 11) is 0. The lowest BCUT2D eigenvalue weighted by Crippen LogP contribution is -2.43. The van der Waals surface area contributed by atoms with Crippen LogP contribution < -0.4 is 11.5 Å². The predicted octanol–water partition coefficient (Wildman–Crippen LogP) is -0.242. The second-order valence-corrected chi connectivity index (χ2v) is 3.36. The van der Waals surface area contributed by atoms with E-state index in [2.05, 4.69) is 4.90 Å². The molecule has 1 aliphatic heterocycles. The maximum Gasteiger partial charge on any atom is 0.0292 e. The first kappa shape index (κ1) is 8.97. The third-order valence-corrected chi connectivity index (χ3v) is 2.24. The van der Waals surface area contributed by atoms with Gasteiger partial charge in [0.1, 0.15) is 0 Å². The zero-order valence-corrected chi connectivity index (χ0v) is 7.13. The van der Waals surface area contributed by atoms with Crippen molar-refractivity contribution in [2.45, 2.75) is 25.3 Å². The van der Waals surface area contributed by atoms with Gasteiger partial charge in [-0.3, -0.25) is 0 Å². The Hall–Kier alpha value is -0.120. The highest BCUT2D eigenvalue weighted by Crippen LogP contribution is 2.07. The molecule has 4 N–H and O–H groups in total. The van der Waals surface area contributed by atoms with Crippen LogP contribution in [0.2, 0.25) is 0 Å². The van der Waals surface area contributed by atoms with Gasteiger partial charge in [-0.2, -0.15) is 0 Å². The molecule has 1 saturated heterocycles. The van der Waals surface area contributed by atoms with E-state index in [4.69, 9.17) is 11.5 Å². The van der Waals surface area contributed by atoms with Crippen molar-refractivity contribution >= 4 is 0 Å². The molecule has 1 aliphatic rings. The van der Waals surface area contributed by atoms with Crippen molar-refractivity contribution in [1.82, 2.24) is 4.90 Å². The maximum atomic E-state index is 5.74. The minimum absolute atomic E-state index is 0.174. The molecule has 11 heavy (non-hydrogen) atoms. The second kappa shape index (κ2) is 4.70. The zero-order valence-electron chi connectivity index (χ0n) is 7.13. The lowest BCUT2D eigenvalue weighted by atomic mass is 10.1. The largest absolute Gasteiger partial charge is 0.329 e. The zero-order chi connectivity index (χ0) is 8.10. The lowest BCUT2D eigenvalue weighted by Gasteiger charge is -2.28. The summed E-state index contributed by atoms with van der Waals surface area (Å²) in [6.45, 7) is 4.02. The summed E-state index contributed by atoms with van der Waals surface area (Å²) >= 11 is 0. The third kappa shape index (κ3) is 3.18. The van der Waals surface area contributed by atoms with E-state index in [1.165, 1.54) is 32.4 Å². The molecule has 3 nitrogen and oxygen atoms in total. The molecule has 66 valence electrons. The molecule has 0 bridgehead atoms. The Balaban J connectivity index is 2.13. The van der Waals surface area contributed by atoms with Crippen molar-refractivity contribution in [2.24, 2.45) is 11.5 Å². The molecule has 1 fully saturated rings. The van der Waals surface area contributed by atoms with Crippen LogP contribution in [0.4, 0.5) is 0 Å². The van der Waals surface area contributed by atoms with E-state index in [0.29, 0.717) is 6.54 Å². The second-order valence-electron chi connectivity index (χ2n) is 3.36. The van der Waals surface area contributed by atoms with Gasteiger partial charge in [0.2, 0.25) is 0 Å². The van der Waals surface area contributed by atoms with Crippen LogP contribution in [0.5, 0.6) is 0 Å². The van der Waals surface area contributed by atoms with E-state index >= 15 is 0 Å². The Labute approximate surface area is 68.7 Å². The van der Waals surface area contributed by atoms with Gasteiger partial charge in [-0.25, -0.2) is 0 Å². The average Bonchev–Trinajstić information content (AvgIpc) is 2.06. The van der Waals surface area contributed by atoms with Gasteiger partial charge in [0.25, 0.3) is 0 Å². The van der Waals surface area contributed by atoms with E-state index in [1.807, 2.05) is 0 Å². The smallest absolute Gasteiger partial charge is 0.0292 e. The quantitative estimate of drug-likeness (QED) is 0.594. The summed E-state index contributed by atoms with van der Waals surface area (Å²) < 4.78 is 0. The molecule has 0 aromatic carbocycles. The molecule has 0 spiro atoms. The fourth-order valence-electron chi connectivity index (χ4n) is 1.55. The van der Waals surface area contributed by atoms with Crippen LogP contribution in [0.25, 0.3) is 0 Å². The molecule has 0 aliphatic carbocycles. The number of hydrogen-bond acceptors (Lipinski definition) is 3. The molecule has 0 aromatic heterocycles. The maximum absolute atomic E-state index is 5.74. The van der Waals surface area contributed by atoms with Gasteiger partial charge in [0.05, 0.1) is 0 Å². The topological polar surface area (TPSA) is 55.3 Å². The first-order chi connectivity index (χ1) is 5.33. The number of likely N-dealkylation sites (tertiary alicyclic amines) is 1. The molecule has 1 heterocycles. The van der Waals surface area contributed by atoms with Gasteiger partial charge >= 0.3 is 0 Å². The van der Waals surface area contributed by atoms with E-state index in [0.717, 1.165) is 6.54 Å². The third-order valence-electron chi connectivity index (χ3n) is 2.24. The Morgan fingerprint density at radius 3 is 2.36 bits per heavy atom. The van der Waals surface area contributed by atoms with Crippen LogP contribution >= 0.6 is 0 Å². The van der Waals surface area contributed by atoms with Crippen molar-refractivity contribution in [3.63, 3.8) is 0 Å². The van der Waals surface area contributed by atoms with Crippen LogP contribution in [-0.2, 0) is 0 Å². The van der Waals surface area contributed by atoms with Gasteiger partial charge < -0.3 is 16.4 Å². The standard InChI is InChI=1S/C8H19N3/c9-6-8(10)7-11-4-2-1-3-5-11/h8H,1-7,9-10H2. The van der Waals surface area contributed by atoms with E-state index in [1.54, 1.807) is 0 Å². The van der Waals surface area contributed by atoms with Gasteiger partial charge in [-0.15, -0.1) is 0 Å². The molecule has 3 heteroatoms. The summed E-state index contributed by atoms with van der Waals surface area (Å²) in [5, 5.41) is 0. The summed E-state index contributed by atoms with van der Waals surface area (Å²) in [6, 6.07) is 0.174. The van der Waals surface area contributed by atoms with Crippen molar-refractivity contribution in [3.8, 4) is 0 Å². The van der Waals surface area contributed by atoms with Crippen molar-refractivity contribution in [3.05, 3.63) is 0 Å². The van der Waals surface area contributed by atoms with Gasteiger partial charge in [-0.1, -0.05) is 6.42 Å². The fourth-order valence-corrected chi connectivity index (χ4v) is 1.55. The number of nitrogens with two attached hydrogens (primary N) is 2. The van der Waals surface area contributed by atoms with E-state index < -0.39 is 0 Å². The van der Waals surface area contributed by atoms with Crippen LogP contribution in [0.3, 0.4) is 0 Å². The fraction of sp³-hybridized carbons (Fsp3) is 1.00. The predicted molar refractivity (Wildman–Crippen MR) is 47.3 cm³/mol. The Bertz CT molecular complexity index is 99.5. The summed E-state index contributed by atoms with van der Waals surface area (Å²) in [4.78, 5) is 2.42. The Kier molecular flexibility index (Phi) is 3.83. The van der Waals surface area contributed by atoms with Crippen molar-refractivity contribution in [1.29, 1.82) is 0 Å². The first-order valence-electron chi connectivity index (χ1n) is 4.51. The van der Waals surface area contributed by atoms with Gasteiger partial charge in [-0.05, 0) is 25.9 Å². The Morgan fingerprint density at radius 1 is 1.18 bits per heavy atom. The number of rotatable bonds is 3. The van der Waals surface area contributed by atoms with Crippen LogP contribution in [-0.4, -0.2) is 37.1 Å². The van der Waals surface area contributed by atoms with Gasteiger partial charge in [0, 0.05) is 19.1 Å². The van der Waals surface area contributed by atoms with Crippen LogP contribution in [0.1, 0.15) is 19.3 Å². The molecule has 0 aromatic rings. The average molecular weight is 157 g/mol. The van der Waals surface area contributed by atoms with Crippen LogP contribution in [0.15, 0.2) is 0 Å². The van der Waals surface area contributed by atoms with E-state index in [9.17, 15) is 0 Å². The molecule has 0 radical (unpaired) electrons. The molecule has 1 unspecified atom stereocenters. The summed E-state index contributed by atoms with van der Waals surface area (Å²) in [6.07, 6.45) is 4.04. The molecular weight excluding hydrogens is 138 g/mol. The molecule has 0 saturated carbocycles. The first-order valence-corrected chi connectivity index (χ1v) is 4.51. The minimum atomic E-state index is 0.174. The minimum Gasteiger partial charge on any atom is -0.329 e. The highest BCUT2D eigenvalue weighted by Gasteiger charge is 2.11. The molecule has 1 rings (SSSR count). The molecule has 0 amide bonds. The molecular formula is C8H19N3. The van der Waals surface area contributed by atoms with Gasteiger partial charge in [0.15, 0.2) is 0 Å². The number of hydrogen-bond donors (Lipinski definition) is 2. The van der Waals surface area contributed by atoms with Crippen molar-refractivity contribution < 1.29 is 0 Å².